The predicted octanol–water partition coefficient (Wildman–Crippen LogP) is 4.49. The molecule has 5 heteroatoms. The Kier molecular flexibility index (Phi) is 7.68. The van der Waals surface area contributed by atoms with Crippen LogP contribution in [0.2, 0.25) is 0 Å². The first-order valence-electron chi connectivity index (χ1n) is 10.4. The highest BCUT2D eigenvalue weighted by Gasteiger charge is 2.31. The molecule has 1 unspecified atom stereocenters. The number of ether oxygens (including phenoxy) is 1. The van der Waals surface area contributed by atoms with Gasteiger partial charge in [-0.25, -0.2) is 0 Å². The van der Waals surface area contributed by atoms with Gasteiger partial charge < -0.3 is 9.84 Å². The summed E-state index contributed by atoms with van der Waals surface area (Å²) in [6, 6.07) is 10.4. The van der Waals surface area contributed by atoms with E-state index in [0.717, 1.165) is 44.9 Å². The summed E-state index contributed by atoms with van der Waals surface area (Å²) in [4.78, 5) is 17.4. The number of aliphatic carboxylic acids is 1. The second-order valence-electron chi connectivity index (χ2n) is 8.13. The summed E-state index contributed by atoms with van der Waals surface area (Å²) in [5, 5.41) is 9.71. The van der Waals surface area contributed by atoms with Crippen molar-refractivity contribution in [3.8, 4) is 0 Å². The van der Waals surface area contributed by atoms with E-state index in [1.165, 1.54) is 5.56 Å². The molecule has 1 aromatic carbocycles. The van der Waals surface area contributed by atoms with Gasteiger partial charge in [-0.1, -0.05) is 30.3 Å². The quantitative estimate of drug-likeness (QED) is 0.655. The standard InChI is InChI=1S/C22H33NO4/c1-16(23-27-21-9-5-6-14-26-21)20(22(24)25)15-17-10-12-19(13-11-17)18-7-3-2-4-8-18/h2-4,7-8,16-17,19-21,23H,5-6,9-15H2,1H3,(H,24,25)/t16-,17?,19?,20+,21?/m0/s1. The first-order chi connectivity index (χ1) is 13.1. The van der Waals surface area contributed by atoms with Crippen LogP contribution in [0.15, 0.2) is 30.3 Å². The fourth-order valence-electron chi connectivity index (χ4n) is 4.40. The minimum atomic E-state index is -0.742. The molecule has 0 bridgehead atoms. The molecular formula is C22H33NO4. The van der Waals surface area contributed by atoms with E-state index in [-0.39, 0.29) is 12.3 Å². The molecule has 5 nitrogen and oxygen atoms in total. The third kappa shape index (κ3) is 6.03. The lowest BCUT2D eigenvalue weighted by Gasteiger charge is -2.32. The van der Waals surface area contributed by atoms with Crippen LogP contribution in [0, 0.1) is 11.8 Å². The minimum Gasteiger partial charge on any atom is -0.481 e. The van der Waals surface area contributed by atoms with Crippen molar-refractivity contribution in [1.82, 2.24) is 5.48 Å². The molecule has 3 atom stereocenters. The van der Waals surface area contributed by atoms with Gasteiger partial charge in [0.1, 0.15) is 0 Å². The van der Waals surface area contributed by atoms with Gasteiger partial charge in [-0.05, 0) is 69.3 Å². The van der Waals surface area contributed by atoms with E-state index < -0.39 is 11.9 Å². The average Bonchev–Trinajstić information content (AvgIpc) is 2.72. The Morgan fingerprint density at radius 2 is 1.93 bits per heavy atom. The SMILES string of the molecule is C[C@H](NOC1CCCCO1)[C@@H](CC1CCC(c2ccccc2)CC1)C(=O)O. The molecule has 2 N–H and O–H groups in total. The highest BCUT2D eigenvalue weighted by Crippen LogP contribution is 2.38. The van der Waals surface area contributed by atoms with Gasteiger partial charge >= 0.3 is 5.97 Å². The van der Waals surface area contributed by atoms with Crippen LogP contribution in [0.4, 0.5) is 0 Å². The number of benzene rings is 1. The van der Waals surface area contributed by atoms with Crippen LogP contribution in [-0.4, -0.2) is 30.0 Å². The Hall–Kier alpha value is -1.43. The van der Waals surface area contributed by atoms with Crippen molar-refractivity contribution < 1.29 is 19.5 Å². The lowest BCUT2D eigenvalue weighted by atomic mass is 9.75. The highest BCUT2D eigenvalue weighted by atomic mass is 16.8. The van der Waals surface area contributed by atoms with E-state index in [0.29, 0.717) is 24.9 Å². The molecule has 1 saturated heterocycles. The number of hydrogen-bond acceptors (Lipinski definition) is 4. The summed E-state index contributed by atoms with van der Waals surface area (Å²) < 4.78 is 5.54. The van der Waals surface area contributed by atoms with Crippen LogP contribution in [0.1, 0.15) is 69.8 Å². The fraction of sp³-hybridized carbons (Fsp3) is 0.682. The van der Waals surface area contributed by atoms with Crippen molar-refractivity contribution in [3.05, 3.63) is 35.9 Å². The van der Waals surface area contributed by atoms with Gasteiger partial charge in [-0.2, -0.15) is 5.48 Å². The number of nitrogens with one attached hydrogen (secondary N) is 1. The Morgan fingerprint density at radius 3 is 2.56 bits per heavy atom. The van der Waals surface area contributed by atoms with E-state index in [4.69, 9.17) is 9.57 Å². The topological polar surface area (TPSA) is 67.8 Å². The second-order valence-corrected chi connectivity index (χ2v) is 8.13. The third-order valence-electron chi connectivity index (χ3n) is 6.15. The predicted molar refractivity (Wildman–Crippen MR) is 104 cm³/mol. The van der Waals surface area contributed by atoms with Crippen LogP contribution in [-0.2, 0) is 14.4 Å². The molecule has 0 spiro atoms. The second kappa shape index (κ2) is 10.2. The van der Waals surface area contributed by atoms with Crippen molar-refractivity contribution in [2.45, 2.75) is 76.5 Å². The number of rotatable bonds is 8. The van der Waals surface area contributed by atoms with Crippen molar-refractivity contribution in [3.63, 3.8) is 0 Å². The minimum absolute atomic E-state index is 0.236. The summed E-state index contributed by atoms with van der Waals surface area (Å²) in [5.41, 5.74) is 4.37. The van der Waals surface area contributed by atoms with Gasteiger partial charge in [0.25, 0.3) is 0 Å². The summed E-state index contributed by atoms with van der Waals surface area (Å²) in [6.07, 6.45) is 7.97. The van der Waals surface area contributed by atoms with E-state index in [9.17, 15) is 9.90 Å². The molecule has 2 fully saturated rings. The van der Waals surface area contributed by atoms with E-state index in [2.05, 4.69) is 35.8 Å². The highest BCUT2D eigenvalue weighted by molar-refractivity contribution is 5.70. The number of hydroxylamine groups is 1. The first-order valence-corrected chi connectivity index (χ1v) is 10.4. The normalized spacial score (nSPS) is 28.4. The molecule has 2 aliphatic rings. The molecule has 150 valence electrons. The van der Waals surface area contributed by atoms with Crippen LogP contribution >= 0.6 is 0 Å². The largest absolute Gasteiger partial charge is 0.481 e. The van der Waals surface area contributed by atoms with Crippen LogP contribution in [0.5, 0.6) is 0 Å². The number of carbonyl (C=O) groups is 1. The van der Waals surface area contributed by atoms with Crippen LogP contribution in [0.25, 0.3) is 0 Å². The van der Waals surface area contributed by atoms with E-state index in [1.54, 1.807) is 0 Å². The summed E-state index contributed by atoms with van der Waals surface area (Å²) in [7, 11) is 0. The van der Waals surface area contributed by atoms with Gasteiger partial charge in [0.15, 0.2) is 6.29 Å². The number of carboxylic acids is 1. The lowest BCUT2D eigenvalue weighted by Crippen LogP contribution is -2.42. The van der Waals surface area contributed by atoms with Gasteiger partial charge in [0, 0.05) is 19.1 Å². The molecule has 0 aromatic heterocycles. The van der Waals surface area contributed by atoms with E-state index >= 15 is 0 Å². The lowest BCUT2D eigenvalue weighted by molar-refractivity contribution is -0.206. The van der Waals surface area contributed by atoms with Gasteiger partial charge in [-0.3, -0.25) is 9.63 Å². The monoisotopic (exact) mass is 375 g/mol. The Bertz CT molecular complexity index is 565. The molecule has 0 amide bonds. The average molecular weight is 376 g/mol. The summed E-state index contributed by atoms with van der Waals surface area (Å²) >= 11 is 0. The molecule has 1 aromatic rings. The summed E-state index contributed by atoms with van der Waals surface area (Å²) in [6.45, 7) is 2.62. The molecular weight excluding hydrogens is 342 g/mol. The maximum Gasteiger partial charge on any atom is 0.308 e. The zero-order chi connectivity index (χ0) is 19.1. The molecule has 3 rings (SSSR count). The third-order valence-corrected chi connectivity index (χ3v) is 6.15. The van der Waals surface area contributed by atoms with Crippen molar-refractivity contribution in [2.75, 3.05) is 6.61 Å². The molecule has 27 heavy (non-hydrogen) atoms. The zero-order valence-electron chi connectivity index (χ0n) is 16.3. The zero-order valence-corrected chi connectivity index (χ0v) is 16.3. The Morgan fingerprint density at radius 1 is 1.19 bits per heavy atom. The molecule has 1 aliphatic heterocycles. The Labute approximate surface area is 162 Å². The molecule has 1 heterocycles. The molecule has 0 radical (unpaired) electrons. The van der Waals surface area contributed by atoms with Crippen molar-refractivity contribution in [1.29, 1.82) is 0 Å². The number of carboxylic acid groups (broad SMARTS) is 1. The van der Waals surface area contributed by atoms with E-state index in [1.807, 2.05) is 6.92 Å². The maximum atomic E-state index is 11.8. The number of hydrogen-bond donors (Lipinski definition) is 2. The van der Waals surface area contributed by atoms with Crippen LogP contribution in [0.3, 0.4) is 0 Å². The van der Waals surface area contributed by atoms with Gasteiger partial charge in [0.05, 0.1) is 5.92 Å². The first kappa shape index (κ1) is 20.3. The summed E-state index contributed by atoms with van der Waals surface area (Å²) in [5.74, 6) is -0.0884. The van der Waals surface area contributed by atoms with Gasteiger partial charge in [-0.15, -0.1) is 0 Å². The molecule has 1 saturated carbocycles. The maximum absolute atomic E-state index is 11.8. The van der Waals surface area contributed by atoms with Crippen molar-refractivity contribution >= 4 is 5.97 Å². The van der Waals surface area contributed by atoms with Crippen molar-refractivity contribution in [2.24, 2.45) is 11.8 Å². The van der Waals surface area contributed by atoms with Gasteiger partial charge in [0.2, 0.25) is 0 Å². The molecule has 1 aliphatic carbocycles. The van der Waals surface area contributed by atoms with Crippen LogP contribution < -0.4 is 5.48 Å². The Balaban J connectivity index is 1.45. The fourth-order valence-corrected chi connectivity index (χ4v) is 4.40. The smallest absolute Gasteiger partial charge is 0.308 e.